The molecule has 0 spiro atoms. The Morgan fingerprint density at radius 1 is 0.710 bits per heavy atom. The van der Waals surface area contributed by atoms with Gasteiger partial charge in [0.2, 0.25) is 0 Å². The van der Waals surface area contributed by atoms with Crippen LogP contribution in [0, 0.1) is 0 Å². The van der Waals surface area contributed by atoms with E-state index in [4.69, 9.17) is 4.98 Å². The minimum absolute atomic E-state index is 0.964. The van der Waals surface area contributed by atoms with Crippen LogP contribution in [0.1, 0.15) is 12.0 Å². The van der Waals surface area contributed by atoms with E-state index < -0.39 is 0 Å². The van der Waals surface area contributed by atoms with Crippen LogP contribution in [0.15, 0.2) is 103 Å². The average molecular weight is 402 g/mol. The van der Waals surface area contributed by atoms with Gasteiger partial charge in [-0.1, -0.05) is 78.9 Å². The summed E-state index contributed by atoms with van der Waals surface area (Å²) in [6.07, 6.45) is 6.32. The second kappa shape index (κ2) is 7.44. The zero-order chi connectivity index (χ0) is 20.6. The van der Waals surface area contributed by atoms with Gasteiger partial charge < -0.3 is 4.57 Å². The quantitative estimate of drug-likeness (QED) is 0.313. The number of nitrogens with zero attached hydrogens (tertiary/aromatic N) is 3. The van der Waals surface area contributed by atoms with Crippen molar-refractivity contribution in [3.63, 3.8) is 0 Å². The number of benzene rings is 3. The van der Waals surface area contributed by atoms with Crippen LogP contribution in [0.4, 0.5) is 0 Å². The molecular weight excluding hydrogens is 378 g/mol. The summed E-state index contributed by atoms with van der Waals surface area (Å²) in [5, 5.41) is 2.57. The molecular formula is C28H23N3. The normalized spacial score (nSPS) is 11.6. The number of aryl methyl sites for hydroxylation is 2. The molecule has 6 rings (SSSR count). The lowest BCUT2D eigenvalue weighted by Crippen LogP contribution is -2.01. The van der Waals surface area contributed by atoms with E-state index in [9.17, 15) is 0 Å². The van der Waals surface area contributed by atoms with Crippen LogP contribution in [0.5, 0.6) is 0 Å². The van der Waals surface area contributed by atoms with Crippen molar-refractivity contribution in [3.05, 3.63) is 109 Å². The summed E-state index contributed by atoms with van der Waals surface area (Å²) in [7, 11) is 0. The maximum absolute atomic E-state index is 4.89. The van der Waals surface area contributed by atoms with Gasteiger partial charge in [-0.25, -0.2) is 4.98 Å². The molecule has 0 aliphatic carbocycles. The SMILES string of the molecule is c1ccc(CCCn2c3ccccc3c3ccn4c(-c5ccccc5)cnc4c32)cc1. The van der Waals surface area contributed by atoms with Crippen molar-refractivity contribution >= 4 is 27.5 Å². The van der Waals surface area contributed by atoms with Gasteiger partial charge >= 0.3 is 0 Å². The highest BCUT2D eigenvalue weighted by Gasteiger charge is 2.16. The lowest BCUT2D eigenvalue weighted by Gasteiger charge is -2.09. The highest BCUT2D eigenvalue weighted by Crippen LogP contribution is 2.33. The van der Waals surface area contributed by atoms with E-state index in [0.29, 0.717) is 0 Å². The summed E-state index contributed by atoms with van der Waals surface area (Å²) in [5.74, 6) is 0. The number of para-hydroxylation sites is 1. The van der Waals surface area contributed by atoms with Crippen molar-refractivity contribution < 1.29 is 0 Å². The maximum Gasteiger partial charge on any atom is 0.161 e. The zero-order valence-electron chi connectivity index (χ0n) is 17.3. The first kappa shape index (κ1) is 18.0. The molecule has 0 atom stereocenters. The average Bonchev–Trinajstić information content (AvgIpc) is 3.40. The predicted octanol–water partition coefficient (Wildman–Crippen LogP) is 6.74. The molecule has 0 bridgehead atoms. The minimum atomic E-state index is 0.964. The van der Waals surface area contributed by atoms with Crippen LogP contribution >= 0.6 is 0 Å². The fourth-order valence-corrected chi connectivity index (χ4v) is 4.72. The van der Waals surface area contributed by atoms with Gasteiger partial charge in [-0.2, -0.15) is 0 Å². The molecule has 150 valence electrons. The second-order valence-corrected chi connectivity index (χ2v) is 8.04. The molecule has 3 nitrogen and oxygen atoms in total. The summed E-state index contributed by atoms with van der Waals surface area (Å²) >= 11 is 0. The smallest absolute Gasteiger partial charge is 0.161 e. The van der Waals surface area contributed by atoms with E-state index in [1.165, 1.54) is 32.9 Å². The third-order valence-corrected chi connectivity index (χ3v) is 6.17. The van der Waals surface area contributed by atoms with E-state index in [1.807, 2.05) is 6.20 Å². The molecule has 0 unspecified atom stereocenters. The van der Waals surface area contributed by atoms with Crippen LogP contribution in [0.2, 0.25) is 0 Å². The van der Waals surface area contributed by atoms with Gasteiger partial charge in [0.1, 0.15) is 0 Å². The van der Waals surface area contributed by atoms with Crippen LogP contribution in [-0.4, -0.2) is 14.0 Å². The molecule has 0 saturated carbocycles. The first-order chi connectivity index (χ1) is 15.4. The Kier molecular flexibility index (Phi) is 4.31. The molecule has 0 aliphatic rings. The van der Waals surface area contributed by atoms with E-state index >= 15 is 0 Å². The Morgan fingerprint density at radius 3 is 2.29 bits per heavy atom. The van der Waals surface area contributed by atoms with Gasteiger partial charge in [0.25, 0.3) is 0 Å². The first-order valence-corrected chi connectivity index (χ1v) is 10.9. The van der Waals surface area contributed by atoms with E-state index in [0.717, 1.165) is 30.7 Å². The number of fused-ring (bicyclic) bond motifs is 5. The van der Waals surface area contributed by atoms with Crippen LogP contribution in [0.25, 0.3) is 38.7 Å². The molecule has 6 aromatic rings. The number of hydrogen-bond donors (Lipinski definition) is 0. The van der Waals surface area contributed by atoms with E-state index in [2.05, 4.69) is 106 Å². The molecule has 0 aliphatic heterocycles. The standard InChI is InChI=1S/C28H23N3/c1-3-10-21(11-4-1)12-9-18-30-25-16-8-7-15-23(25)24-17-19-31-26(20-29-28(31)27(24)30)22-13-5-2-6-14-22/h1-8,10-11,13-17,19-20H,9,12,18H2. The molecule has 0 radical (unpaired) electrons. The molecule has 3 aromatic carbocycles. The summed E-state index contributed by atoms with van der Waals surface area (Å²) in [5.41, 5.74) is 7.22. The largest absolute Gasteiger partial charge is 0.337 e. The van der Waals surface area contributed by atoms with Crippen molar-refractivity contribution in [1.82, 2.24) is 14.0 Å². The van der Waals surface area contributed by atoms with Crippen LogP contribution < -0.4 is 0 Å². The molecule has 3 aromatic heterocycles. The Bertz CT molecular complexity index is 1490. The van der Waals surface area contributed by atoms with Crippen molar-refractivity contribution in [1.29, 1.82) is 0 Å². The van der Waals surface area contributed by atoms with Gasteiger partial charge in [0.05, 0.1) is 17.4 Å². The van der Waals surface area contributed by atoms with Crippen LogP contribution in [0.3, 0.4) is 0 Å². The number of imidazole rings is 1. The first-order valence-electron chi connectivity index (χ1n) is 10.9. The molecule has 31 heavy (non-hydrogen) atoms. The molecule has 3 heterocycles. The Balaban J connectivity index is 1.51. The predicted molar refractivity (Wildman–Crippen MR) is 128 cm³/mol. The third-order valence-electron chi connectivity index (χ3n) is 6.17. The lowest BCUT2D eigenvalue weighted by atomic mass is 10.1. The number of pyridine rings is 1. The molecule has 0 saturated heterocycles. The Labute approximate surface area is 181 Å². The molecule has 0 N–H and O–H groups in total. The summed E-state index contributed by atoms with van der Waals surface area (Å²) < 4.78 is 4.69. The Hall–Kier alpha value is -3.85. The fraction of sp³-hybridized carbons (Fsp3) is 0.107. The van der Waals surface area contributed by atoms with Gasteiger partial charge in [-0.3, -0.25) is 4.40 Å². The van der Waals surface area contributed by atoms with Crippen molar-refractivity contribution in [2.75, 3.05) is 0 Å². The topological polar surface area (TPSA) is 22.2 Å². The van der Waals surface area contributed by atoms with E-state index in [1.54, 1.807) is 0 Å². The van der Waals surface area contributed by atoms with E-state index in [-0.39, 0.29) is 0 Å². The second-order valence-electron chi connectivity index (χ2n) is 8.04. The highest BCUT2D eigenvalue weighted by atomic mass is 15.1. The monoisotopic (exact) mass is 401 g/mol. The van der Waals surface area contributed by atoms with Crippen molar-refractivity contribution in [3.8, 4) is 11.3 Å². The maximum atomic E-state index is 4.89. The summed E-state index contributed by atoms with van der Waals surface area (Å²) in [6.45, 7) is 0.964. The fourth-order valence-electron chi connectivity index (χ4n) is 4.72. The van der Waals surface area contributed by atoms with Crippen molar-refractivity contribution in [2.45, 2.75) is 19.4 Å². The number of aromatic nitrogens is 3. The van der Waals surface area contributed by atoms with Gasteiger partial charge in [-0.15, -0.1) is 0 Å². The molecule has 0 amide bonds. The zero-order valence-corrected chi connectivity index (χ0v) is 17.3. The Morgan fingerprint density at radius 2 is 1.45 bits per heavy atom. The summed E-state index contributed by atoms with van der Waals surface area (Å²) in [6, 6.07) is 32.2. The van der Waals surface area contributed by atoms with Gasteiger partial charge in [0.15, 0.2) is 5.65 Å². The van der Waals surface area contributed by atoms with Crippen molar-refractivity contribution in [2.24, 2.45) is 0 Å². The van der Waals surface area contributed by atoms with Crippen LogP contribution in [-0.2, 0) is 13.0 Å². The third kappa shape index (κ3) is 3.01. The molecule has 3 heteroatoms. The highest BCUT2D eigenvalue weighted by molar-refractivity contribution is 6.12. The van der Waals surface area contributed by atoms with Gasteiger partial charge in [-0.05, 0) is 30.5 Å². The minimum Gasteiger partial charge on any atom is -0.337 e. The van der Waals surface area contributed by atoms with Gasteiger partial charge in [0, 0.05) is 34.6 Å². The lowest BCUT2D eigenvalue weighted by molar-refractivity contribution is 0.678. The summed E-state index contributed by atoms with van der Waals surface area (Å²) in [4.78, 5) is 4.89. The number of hydrogen-bond acceptors (Lipinski definition) is 1. The number of rotatable bonds is 5. The molecule has 0 fully saturated rings.